The molecule has 0 saturated heterocycles. The minimum Gasteiger partial charge on any atom is -0.211 e. The Labute approximate surface area is 79.5 Å². The molecule has 0 amide bonds. The van der Waals surface area contributed by atoms with Crippen LogP contribution in [0.4, 0.5) is 0 Å². The van der Waals surface area contributed by atoms with E-state index in [1.54, 1.807) is 0 Å². The average molecular weight is 180 g/mol. The van der Waals surface area contributed by atoms with E-state index in [4.69, 9.17) is 5.26 Å². The van der Waals surface area contributed by atoms with Gasteiger partial charge in [0.25, 0.3) is 0 Å². The van der Waals surface area contributed by atoms with Crippen LogP contribution in [0.5, 0.6) is 0 Å². The highest BCUT2D eigenvalue weighted by atomic mass is 16.1. The van der Waals surface area contributed by atoms with E-state index in [9.17, 15) is 4.79 Å². The van der Waals surface area contributed by atoms with Crippen molar-refractivity contribution in [3.8, 4) is 6.07 Å². The van der Waals surface area contributed by atoms with E-state index in [0.29, 0.717) is 18.8 Å². The van der Waals surface area contributed by atoms with Gasteiger partial charge >= 0.3 is 0 Å². The third kappa shape index (κ3) is 3.40. The van der Waals surface area contributed by atoms with Gasteiger partial charge in [0.15, 0.2) is 5.54 Å². The first-order chi connectivity index (χ1) is 6.14. The smallest absolute Gasteiger partial charge is 0.211 e. The van der Waals surface area contributed by atoms with Gasteiger partial charge in [-0.05, 0) is 18.8 Å². The van der Waals surface area contributed by atoms with E-state index in [2.05, 4.69) is 24.9 Å². The first kappa shape index (κ1) is 11.9. The summed E-state index contributed by atoms with van der Waals surface area (Å²) in [5.74, 6) is 0.414. The number of hydrogen-bond acceptors (Lipinski definition) is 3. The minimum absolute atomic E-state index is 0.414. The second kappa shape index (κ2) is 5.50. The van der Waals surface area contributed by atoms with Crippen LogP contribution in [0.1, 0.15) is 40.0 Å². The minimum atomic E-state index is -0.836. The van der Waals surface area contributed by atoms with E-state index in [1.165, 1.54) is 6.08 Å². The molecule has 0 heterocycles. The quantitative estimate of drug-likeness (QED) is 0.482. The Morgan fingerprint density at radius 2 is 2.15 bits per heavy atom. The van der Waals surface area contributed by atoms with Crippen LogP contribution in [0.3, 0.4) is 0 Å². The van der Waals surface area contributed by atoms with Crippen LogP contribution in [0.25, 0.3) is 0 Å². The van der Waals surface area contributed by atoms with Gasteiger partial charge in [0.2, 0.25) is 6.08 Å². The highest BCUT2D eigenvalue weighted by molar-refractivity contribution is 5.36. The molecule has 0 saturated carbocycles. The van der Waals surface area contributed by atoms with Gasteiger partial charge in [0.1, 0.15) is 0 Å². The van der Waals surface area contributed by atoms with Crippen molar-refractivity contribution in [2.45, 2.75) is 45.6 Å². The Kier molecular flexibility index (Phi) is 5.03. The van der Waals surface area contributed by atoms with Crippen LogP contribution in [0, 0.1) is 17.2 Å². The summed E-state index contributed by atoms with van der Waals surface area (Å²) in [6.45, 7) is 5.99. The lowest BCUT2D eigenvalue weighted by Crippen LogP contribution is -2.25. The van der Waals surface area contributed by atoms with Crippen molar-refractivity contribution in [2.75, 3.05) is 0 Å². The van der Waals surface area contributed by atoms with Gasteiger partial charge in [0.05, 0.1) is 6.07 Å². The summed E-state index contributed by atoms with van der Waals surface area (Å²) in [5, 5.41) is 8.93. The molecule has 0 aliphatic carbocycles. The molecule has 0 fully saturated rings. The third-order valence-electron chi connectivity index (χ3n) is 2.44. The van der Waals surface area contributed by atoms with Crippen molar-refractivity contribution in [3.63, 3.8) is 0 Å². The maximum Gasteiger partial charge on any atom is 0.236 e. The van der Waals surface area contributed by atoms with Crippen molar-refractivity contribution in [3.05, 3.63) is 0 Å². The Hall–Kier alpha value is -1.13. The Morgan fingerprint density at radius 1 is 1.54 bits per heavy atom. The molecule has 0 aromatic carbocycles. The standard InChI is InChI=1S/C10H16N2O/c1-4-9(3)6-10(5-2,7-11)12-8-13/h9H,4-6H2,1-3H3. The zero-order valence-corrected chi connectivity index (χ0v) is 8.50. The van der Waals surface area contributed by atoms with Crippen molar-refractivity contribution in [1.29, 1.82) is 5.26 Å². The highest BCUT2D eigenvalue weighted by Crippen LogP contribution is 2.25. The van der Waals surface area contributed by atoms with Crippen molar-refractivity contribution in [2.24, 2.45) is 10.9 Å². The number of carbonyl (C=O) groups excluding carboxylic acids is 1. The zero-order valence-electron chi connectivity index (χ0n) is 8.50. The fourth-order valence-electron chi connectivity index (χ4n) is 1.23. The molecule has 0 radical (unpaired) electrons. The lowest BCUT2D eigenvalue weighted by molar-refractivity contribution is 0.381. The number of rotatable bonds is 5. The summed E-state index contributed by atoms with van der Waals surface area (Å²) < 4.78 is 0. The third-order valence-corrected chi connectivity index (χ3v) is 2.44. The highest BCUT2D eigenvalue weighted by Gasteiger charge is 2.28. The van der Waals surface area contributed by atoms with Gasteiger partial charge < -0.3 is 0 Å². The first-order valence-electron chi connectivity index (χ1n) is 4.64. The molecule has 3 heteroatoms. The Balaban J connectivity index is 4.59. The predicted molar refractivity (Wildman–Crippen MR) is 50.8 cm³/mol. The summed E-state index contributed by atoms with van der Waals surface area (Å²) in [5.41, 5.74) is -0.836. The van der Waals surface area contributed by atoms with Gasteiger partial charge in [0, 0.05) is 0 Å². The Morgan fingerprint density at radius 3 is 2.46 bits per heavy atom. The largest absolute Gasteiger partial charge is 0.236 e. The number of aliphatic imine (C=N–C) groups is 1. The summed E-state index contributed by atoms with van der Waals surface area (Å²) in [6.07, 6.45) is 3.71. The molecule has 0 rings (SSSR count). The van der Waals surface area contributed by atoms with Crippen molar-refractivity contribution < 1.29 is 4.79 Å². The molecule has 0 bridgehead atoms. The summed E-state index contributed by atoms with van der Waals surface area (Å²) in [7, 11) is 0. The number of hydrogen-bond donors (Lipinski definition) is 0. The fraction of sp³-hybridized carbons (Fsp3) is 0.800. The van der Waals surface area contributed by atoms with E-state index >= 15 is 0 Å². The van der Waals surface area contributed by atoms with E-state index in [-0.39, 0.29) is 0 Å². The van der Waals surface area contributed by atoms with Crippen LogP contribution >= 0.6 is 0 Å². The molecular formula is C10H16N2O. The molecule has 0 aliphatic heterocycles. The van der Waals surface area contributed by atoms with Crippen LogP contribution in [0.2, 0.25) is 0 Å². The zero-order chi connectivity index (χ0) is 10.3. The lowest BCUT2D eigenvalue weighted by Gasteiger charge is -2.21. The normalized spacial score (nSPS) is 16.5. The molecular weight excluding hydrogens is 164 g/mol. The second-order valence-corrected chi connectivity index (χ2v) is 3.42. The van der Waals surface area contributed by atoms with Gasteiger partial charge in [-0.1, -0.05) is 27.2 Å². The van der Waals surface area contributed by atoms with E-state index in [1.807, 2.05) is 6.92 Å². The molecule has 13 heavy (non-hydrogen) atoms. The first-order valence-corrected chi connectivity index (χ1v) is 4.64. The predicted octanol–water partition coefficient (Wildman–Crippen LogP) is 2.43. The second-order valence-electron chi connectivity index (χ2n) is 3.42. The maximum absolute atomic E-state index is 10.2. The van der Waals surface area contributed by atoms with Crippen molar-refractivity contribution >= 4 is 6.08 Å². The average Bonchev–Trinajstić information content (AvgIpc) is 2.17. The molecule has 2 unspecified atom stereocenters. The SMILES string of the molecule is CCC(C)CC(C#N)(CC)N=C=O. The van der Waals surface area contributed by atoms with E-state index < -0.39 is 5.54 Å². The van der Waals surface area contributed by atoms with Crippen LogP contribution < -0.4 is 0 Å². The van der Waals surface area contributed by atoms with Crippen LogP contribution in [0.15, 0.2) is 4.99 Å². The molecule has 72 valence electrons. The fourth-order valence-corrected chi connectivity index (χ4v) is 1.23. The number of nitrogens with zero attached hydrogens (tertiary/aromatic N) is 2. The number of isocyanates is 1. The van der Waals surface area contributed by atoms with Gasteiger partial charge in [-0.25, -0.2) is 4.79 Å². The lowest BCUT2D eigenvalue weighted by atomic mass is 9.86. The molecule has 0 aromatic heterocycles. The summed E-state index contributed by atoms with van der Waals surface area (Å²) >= 11 is 0. The molecule has 2 atom stereocenters. The topological polar surface area (TPSA) is 53.2 Å². The van der Waals surface area contributed by atoms with Crippen LogP contribution in [-0.2, 0) is 4.79 Å². The Bertz CT molecular complexity index is 238. The van der Waals surface area contributed by atoms with Crippen LogP contribution in [-0.4, -0.2) is 11.6 Å². The number of nitriles is 1. The molecule has 0 spiro atoms. The van der Waals surface area contributed by atoms with Crippen molar-refractivity contribution in [1.82, 2.24) is 0 Å². The monoisotopic (exact) mass is 180 g/mol. The molecule has 0 N–H and O–H groups in total. The summed E-state index contributed by atoms with van der Waals surface area (Å²) in [6, 6.07) is 2.10. The van der Waals surface area contributed by atoms with Gasteiger partial charge in [-0.2, -0.15) is 10.3 Å². The molecule has 0 aliphatic rings. The maximum atomic E-state index is 10.2. The van der Waals surface area contributed by atoms with Gasteiger partial charge in [-0.3, -0.25) is 0 Å². The van der Waals surface area contributed by atoms with E-state index in [0.717, 1.165) is 6.42 Å². The van der Waals surface area contributed by atoms with Gasteiger partial charge in [-0.15, -0.1) is 0 Å². The molecule has 0 aromatic rings. The molecule has 3 nitrogen and oxygen atoms in total. The summed E-state index contributed by atoms with van der Waals surface area (Å²) in [4.78, 5) is 13.8.